The standard InChI is InChI=1S/C20H25NO2/c1-2-23-16-15-21(17-18-9-5-3-6-10-18)14-13-20(22)19-11-7-4-8-12-19/h2-12,20,22H,1,13-17H2/t20-/m0/s1. The maximum Gasteiger partial charge on any atom is 0.0999 e. The number of hydrogen-bond acceptors (Lipinski definition) is 3. The molecule has 2 aromatic rings. The zero-order chi connectivity index (χ0) is 16.3. The van der Waals surface area contributed by atoms with Gasteiger partial charge in [0.15, 0.2) is 0 Å². The summed E-state index contributed by atoms with van der Waals surface area (Å²) in [7, 11) is 0. The van der Waals surface area contributed by atoms with Crippen LogP contribution in [0.3, 0.4) is 0 Å². The Morgan fingerprint density at radius 2 is 1.65 bits per heavy atom. The van der Waals surface area contributed by atoms with Gasteiger partial charge < -0.3 is 9.84 Å². The Balaban J connectivity index is 1.89. The van der Waals surface area contributed by atoms with Crippen molar-refractivity contribution in [1.29, 1.82) is 0 Å². The van der Waals surface area contributed by atoms with Gasteiger partial charge in [0.25, 0.3) is 0 Å². The van der Waals surface area contributed by atoms with Gasteiger partial charge in [-0.05, 0) is 17.5 Å². The Hall–Kier alpha value is -2.10. The summed E-state index contributed by atoms with van der Waals surface area (Å²) in [4.78, 5) is 2.30. The molecule has 0 aliphatic carbocycles. The second-order valence-electron chi connectivity index (χ2n) is 5.51. The molecule has 0 aromatic heterocycles. The summed E-state index contributed by atoms with van der Waals surface area (Å²) in [5.41, 5.74) is 2.23. The van der Waals surface area contributed by atoms with Crippen molar-refractivity contribution in [2.75, 3.05) is 19.7 Å². The number of benzene rings is 2. The maximum atomic E-state index is 10.3. The second-order valence-corrected chi connectivity index (χ2v) is 5.51. The van der Waals surface area contributed by atoms with E-state index in [9.17, 15) is 5.11 Å². The van der Waals surface area contributed by atoms with Crippen molar-refractivity contribution in [3.05, 3.63) is 84.6 Å². The molecule has 0 heterocycles. The minimum Gasteiger partial charge on any atom is -0.500 e. The number of ether oxygens (including phenoxy) is 1. The van der Waals surface area contributed by atoms with E-state index >= 15 is 0 Å². The van der Waals surface area contributed by atoms with E-state index in [0.29, 0.717) is 13.0 Å². The lowest BCUT2D eigenvalue weighted by atomic mass is 10.1. The molecule has 0 saturated carbocycles. The van der Waals surface area contributed by atoms with Gasteiger partial charge in [0.1, 0.15) is 0 Å². The number of aliphatic hydroxyl groups is 1. The van der Waals surface area contributed by atoms with Crippen LogP contribution in [-0.4, -0.2) is 29.7 Å². The van der Waals surface area contributed by atoms with Crippen molar-refractivity contribution in [1.82, 2.24) is 4.90 Å². The van der Waals surface area contributed by atoms with Crippen LogP contribution in [0.5, 0.6) is 0 Å². The number of nitrogens with zero attached hydrogens (tertiary/aromatic N) is 1. The molecule has 122 valence electrons. The van der Waals surface area contributed by atoms with Crippen molar-refractivity contribution >= 4 is 0 Å². The lowest BCUT2D eigenvalue weighted by molar-refractivity contribution is 0.124. The molecule has 0 spiro atoms. The molecule has 0 unspecified atom stereocenters. The van der Waals surface area contributed by atoms with Crippen LogP contribution in [0.4, 0.5) is 0 Å². The summed E-state index contributed by atoms with van der Waals surface area (Å²) >= 11 is 0. The van der Waals surface area contributed by atoms with E-state index in [-0.39, 0.29) is 0 Å². The molecular formula is C20H25NO2. The smallest absolute Gasteiger partial charge is 0.0999 e. The third kappa shape index (κ3) is 6.27. The van der Waals surface area contributed by atoms with Gasteiger partial charge in [0.05, 0.1) is 19.0 Å². The molecule has 0 amide bonds. The minimum absolute atomic E-state index is 0.435. The first-order valence-electron chi connectivity index (χ1n) is 8.01. The van der Waals surface area contributed by atoms with Gasteiger partial charge >= 0.3 is 0 Å². The van der Waals surface area contributed by atoms with Crippen LogP contribution >= 0.6 is 0 Å². The Morgan fingerprint density at radius 3 is 2.30 bits per heavy atom. The lowest BCUT2D eigenvalue weighted by Crippen LogP contribution is -2.29. The van der Waals surface area contributed by atoms with Gasteiger partial charge in [0, 0.05) is 19.6 Å². The third-order valence-electron chi connectivity index (χ3n) is 3.80. The van der Waals surface area contributed by atoms with Gasteiger partial charge in [-0.25, -0.2) is 0 Å². The summed E-state index contributed by atoms with van der Waals surface area (Å²) in [6.07, 6.45) is 1.74. The summed E-state index contributed by atoms with van der Waals surface area (Å²) < 4.78 is 5.25. The van der Waals surface area contributed by atoms with E-state index < -0.39 is 6.10 Å². The van der Waals surface area contributed by atoms with Crippen LogP contribution in [0, 0.1) is 0 Å². The molecule has 1 atom stereocenters. The Morgan fingerprint density at radius 1 is 1.00 bits per heavy atom. The monoisotopic (exact) mass is 311 g/mol. The highest BCUT2D eigenvalue weighted by Gasteiger charge is 2.11. The summed E-state index contributed by atoms with van der Waals surface area (Å²) in [6, 6.07) is 20.2. The molecule has 0 aliphatic heterocycles. The second kappa shape index (κ2) is 9.82. The Bertz CT molecular complexity index is 556. The van der Waals surface area contributed by atoms with Crippen LogP contribution < -0.4 is 0 Å². The fourth-order valence-corrected chi connectivity index (χ4v) is 2.52. The Labute approximate surface area is 138 Å². The molecular weight excluding hydrogens is 286 g/mol. The fraction of sp³-hybridized carbons (Fsp3) is 0.300. The molecule has 0 saturated heterocycles. The van der Waals surface area contributed by atoms with Crippen molar-refractivity contribution < 1.29 is 9.84 Å². The van der Waals surface area contributed by atoms with E-state index in [0.717, 1.165) is 25.2 Å². The quantitative estimate of drug-likeness (QED) is 0.535. The first kappa shape index (κ1) is 17.3. The molecule has 0 aliphatic rings. The topological polar surface area (TPSA) is 32.7 Å². The van der Waals surface area contributed by atoms with E-state index in [4.69, 9.17) is 4.74 Å². The average molecular weight is 311 g/mol. The number of aliphatic hydroxyl groups excluding tert-OH is 1. The van der Waals surface area contributed by atoms with E-state index in [2.05, 4.69) is 23.6 Å². The van der Waals surface area contributed by atoms with Gasteiger partial charge in [-0.15, -0.1) is 0 Å². The molecule has 2 rings (SSSR count). The van der Waals surface area contributed by atoms with Gasteiger partial charge in [-0.2, -0.15) is 0 Å². The third-order valence-corrected chi connectivity index (χ3v) is 3.80. The molecule has 0 radical (unpaired) electrons. The molecule has 0 bridgehead atoms. The zero-order valence-corrected chi connectivity index (χ0v) is 13.5. The van der Waals surface area contributed by atoms with Crippen LogP contribution in [0.25, 0.3) is 0 Å². The van der Waals surface area contributed by atoms with Crippen LogP contribution in [0.15, 0.2) is 73.5 Å². The highest BCUT2D eigenvalue weighted by atomic mass is 16.5. The maximum absolute atomic E-state index is 10.3. The van der Waals surface area contributed by atoms with Crippen LogP contribution in [0.1, 0.15) is 23.7 Å². The zero-order valence-electron chi connectivity index (χ0n) is 13.5. The minimum atomic E-state index is -0.435. The average Bonchev–Trinajstić information content (AvgIpc) is 2.61. The predicted molar refractivity (Wildman–Crippen MR) is 93.9 cm³/mol. The van der Waals surface area contributed by atoms with Crippen LogP contribution in [0.2, 0.25) is 0 Å². The highest BCUT2D eigenvalue weighted by molar-refractivity contribution is 5.17. The first-order valence-corrected chi connectivity index (χ1v) is 8.01. The SMILES string of the molecule is C=COCCN(CC[C@H](O)c1ccccc1)Cc1ccccc1. The summed E-state index contributed by atoms with van der Waals surface area (Å²) in [5, 5.41) is 10.3. The molecule has 0 fully saturated rings. The molecule has 3 heteroatoms. The highest BCUT2D eigenvalue weighted by Crippen LogP contribution is 2.17. The molecule has 3 nitrogen and oxygen atoms in total. The summed E-state index contributed by atoms with van der Waals surface area (Å²) in [5.74, 6) is 0. The molecule has 23 heavy (non-hydrogen) atoms. The van der Waals surface area contributed by atoms with Gasteiger partial charge in [-0.3, -0.25) is 4.90 Å². The lowest BCUT2D eigenvalue weighted by Gasteiger charge is -2.23. The number of hydrogen-bond donors (Lipinski definition) is 1. The molecule has 2 aromatic carbocycles. The van der Waals surface area contributed by atoms with Crippen molar-refractivity contribution in [3.63, 3.8) is 0 Å². The Kier molecular flexibility index (Phi) is 7.37. The predicted octanol–water partition coefficient (Wildman–Crippen LogP) is 3.77. The van der Waals surface area contributed by atoms with Crippen molar-refractivity contribution in [3.8, 4) is 0 Å². The van der Waals surface area contributed by atoms with Gasteiger partial charge in [-0.1, -0.05) is 67.2 Å². The van der Waals surface area contributed by atoms with E-state index in [1.54, 1.807) is 0 Å². The van der Waals surface area contributed by atoms with E-state index in [1.165, 1.54) is 11.8 Å². The molecule has 1 N–H and O–H groups in total. The van der Waals surface area contributed by atoms with Gasteiger partial charge in [0.2, 0.25) is 0 Å². The van der Waals surface area contributed by atoms with E-state index in [1.807, 2.05) is 48.5 Å². The van der Waals surface area contributed by atoms with Crippen LogP contribution in [-0.2, 0) is 11.3 Å². The largest absolute Gasteiger partial charge is 0.500 e. The van der Waals surface area contributed by atoms with Crippen molar-refractivity contribution in [2.24, 2.45) is 0 Å². The number of rotatable bonds is 10. The fourth-order valence-electron chi connectivity index (χ4n) is 2.52. The first-order chi connectivity index (χ1) is 11.3. The summed E-state index contributed by atoms with van der Waals surface area (Å²) in [6.45, 7) is 6.65. The normalized spacial score (nSPS) is 12.1. The van der Waals surface area contributed by atoms with Crippen molar-refractivity contribution in [2.45, 2.75) is 19.1 Å².